The average molecular weight is 218 g/mol. The van der Waals surface area contributed by atoms with Gasteiger partial charge in [0.15, 0.2) is 0 Å². The highest BCUT2D eigenvalue weighted by Gasteiger charge is 2.02. The van der Waals surface area contributed by atoms with Crippen molar-refractivity contribution in [1.82, 2.24) is 0 Å². The van der Waals surface area contributed by atoms with Crippen molar-refractivity contribution in [3.63, 3.8) is 0 Å². The molecule has 0 aliphatic carbocycles. The number of halogens is 1. The molecule has 1 atom stereocenters. The summed E-state index contributed by atoms with van der Waals surface area (Å²) in [6, 6.07) is 7.12. The molecule has 2 nitrogen and oxygen atoms in total. The van der Waals surface area contributed by atoms with Crippen LogP contribution in [-0.2, 0) is 10.8 Å². The molecule has 0 bridgehead atoms. The Morgan fingerprint density at radius 3 is 2.85 bits per heavy atom. The molecule has 2 N–H and O–H groups in total. The Balaban J connectivity index is 2.66. The first-order valence-corrected chi connectivity index (χ1v) is 5.77. The van der Waals surface area contributed by atoms with E-state index >= 15 is 0 Å². The molecule has 0 saturated carbocycles. The topological polar surface area (TPSA) is 43.1 Å². The van der Waals surface area contributed by atoms with Crippen LogP contribution >= 0.6 is 11.6 Å². The van der Waals surface area contributed by atoms with Crippen LogP contribution in [0.1, 0.15) is 6.42 Å². The van der Waals surface area contributed by atoms with Gasteiger partial charge in [-0.2, -0.15) is 0 Å². The van der Waals surface area contributed by atoms with E-state index in [4.69, 9.17) is 17.3 Å². The second-order valence-corrected chi connectivity index (χ2v) is 4.66. The molecule has 1 aromatic carbocycles. The van der Waals surface area contributed by atoms with Crippen molar-refractivity contribution >= 4 is 22.4 Å². The minimum atomic E-state index is -0.958. The Kier molecular flexibility index (Phi) is 4.42. The van der Waals surface area contributed by atoms with E-state index in [2.05, 4.69) is 0 Å². The molecule has 1 rings (SSSR count). The summed E-state index contributed by atoms with van der Waals surface area (Å²) in [5, 5.41) is 0.624. The maximum Gasteiger partial charge on any atom is 0.0530 e. The highest BCUT2D eigenvalue weighted by Crippen LogP contribution is 2.14. The fourth-order valence-corrected chi connectivity index (χ4v) is 2.35. The largest absolute Gasteiger partial charge is 0.330 e. The molecule has 1 unspecified atom stereocenters. The molecule has 0 spiro atoms. The van der Waals surface area contributed by atoms with Crippen molar-refractivity contribution < 1.29 is 4.21 Å². The van der Waals surface area contributed by atoms with Gasteiger partial charge in [0.25, 0.3) is 0 Å². The predicted octanol–water partition coefficient (Wildman–Crippen LogP) is 1.80. The van der Waals surface area contributed by atoms with Crippen molar-refractivity contribution in [3.05, 3.63) is 29.3 Å². The van der Waals surface area contributed by atoms with Crippen molar-refractivity contribution in [2.24, 2.45) is 5.73 Å². The molecular formula is C9H12ClNOS. The Labute approximate surface area is 85.5 Å². The number of benzene rings is 1. The normalized spacial score (nSPS) is 12.8. The van der Waals surface area contributed by atoms with Gasteiger partial charge >= 0.3 is 0 Å². The summed E-state index contributed by atoms with van der Waals surface area (Å²) < 4.78 is 11.6. The van der Waals surface area contributed by atoms with E-state index in [1.807, 2.05) is 6.07 Å². The van der Waals surface area contributed by atoms with Crippen LogP contribution in [0.15, 0.2) is 29.2 Å². The third kappa shape index (κ3) is 3.46. The minimum absolute atomic E-state index is 0.576. The number of hydrogen-bond acceptors (Lipinski definition) is 2. The van der Waals surface area contributed by atoms with Crippen molar-refractivity contribution in [2.75, 3.05) is 12.3 Å². The van der Waals surface area contributed by atoms with Crippen LogP contribution < -0.4 is 5.73 Å². The van der Waals surface area contributed by atoms with Gasteiger partial charge in [0.05, 0.1) is 10.8 Å². The molecule has 0 aliphatic heterocycles. The summed E-state index contributed by atoms with van der Waals surface area (Å²) in [5.41, 5.74) is 5.32. The number of rotatable bonds is 4. The third-order valence-corrected chi connectivity index (χ3v) is 3.27. The molecule has 1 aromatic rings. The molecule has 72 valence electrons. The first-order chi connectivity index (χ1) is 6.24. The lowest BCUT2D eigenvalue weighted by molar-refractivity contribution is 0.680. The van der Waals surface area contributed by atoms with Crippen LogP contribution in [0.4, 0.5) is 0 Å². The summed E-state index contributed by atoms with van der Waals surface area (Å²) in [5.74, 6) is 0.608. The van der Waals surface area contributed by atoms with Crippen LogP contribution in [0.5, 0.6) is 0 Å². The molecule has 0 saturated heterocycles. The van der Waals surface area contributed by atoms with Gasteiger partial charge in [-0.3, -0.25) is 4.21 Å². The van der Waals surface area contributed by atoms with Crippen LogP contribution in [0, 0.1) is 0 Å². The first-order valence-electron chi connectivity index (χ1n) is 4.08. The molecule has 0 radical (unpaired) electrons. The van der Waals surface area contributed by atoms with Crippen LogP contribution in [0.3, 0.4) is 0 Å². The Bertz CT molecular complexity index is 303. The fraction of sp³-hybridized carbons (Fsp3) is 0.333. The lowest BCUT2D eigenvalue weighted by Gasteiger charge is -2.00. The van der Waals surface area contributed by atoms with Gasteiger partial charge in [0.1, 0.15) is 0 Å². The summed E-state index contributed by atoms with van der Waals surface area (Å²) in [6.07, 6.45) is 0.777. The average Bonchev–Trinajstić information content (AvgIpc) is 2.14. The lowest BCUT2D eigenvalue weighted by Crippen LogP contribution is -2.05. The molecule has 0 amide bonds. The highest BCUT2D eigenvalue weighted by molar-refractivity contribution is 7.85. The maximum atomic E-state index is 11.6. The van der Waals surface area contributed by atoms with Crippen LogP contribution in [0.2, 0.25) is 5.02 Å². The van der Waals surface area contributed by atoms with Gasteiger partial charge in [-0.15, -0.1) is 0 Å². The van der Waals surface area contributed by atoms with Crippen molar-refractivity contribution in [2.45, 2.75) is 11.3 Å². The van der Waals surface area contributed by atoms with E-state index in [1.54, 1.807) is 18.2 Å². The quantitative estimate of drug-likeness (QED) is 0.836. The second kappa shape index (κ2) is 5.37. The predicted molar refractivity (Wildman–Crippen MR) is 56.4 cm³/mol. The fourth-order valence-electron chi connectivity index (χ4n) is 0.941. The molecule has 0 heterocycles. The van der Waals surface area contributed by atoms with Crippen LogP contribution in [0.25, 0.3) is 0 Å². The van der Waals surface area contributed by atoms with E-state index in [0.717, 1.165) is 11.3 Å². The number of nitrogens with two attached hydrogens (primary N) is 1. The SMILES string of the molecule is NCCCS(=O)c1cccc(Cl)c1. The third-order valence-electron chi connectivity index (χ3n) is 1.59. The highest BCUT2D eigenvalue weighted by atomic mass is 35.5. The molecule has 13 heavy (non-hydrogen) atoms. The first kappa shape index (κ1) is 10.7. The molecular weight excluding hydrogens is 206 g/mol. The second-order valence-electron chi connectivity index (χ2n) is 2.65. The Morgan fingerprint density at radius 1 is 1.46 bits per heavy atom. The van der Waals surface area contributed by atoms with Gasteiger partial charge in [-0.1, -0.05) is 17.7 Å². The monoisotopic (exact) mass is 217 g/mol. The van der Waals surface area contributed by atoms with E-state index in [9.17, 15) is 4.21 Å². The van der Waals surface area contributed by atoms with Gasteiger partial charge < -0.3 is 5.73 Å². The van der Waals surface area contributed by atoms with E-state index in [1.165, 1.54) is 0 Å². The minimum Gasteiger partial charge on any atom is -0.330 e. The van der Waals surface area contributed by atoms with E-state index in [0.29, 0.717) is 17.3 Å². The maximum absolute atomic E-state index is 11.6. The van der Waals surface area contributed by atoms with E-state index < -0.39 is 10.8 Å². The molecule has 0 fully saturated rings. The van der Waals surface area contributed by atoms with Gasteiger partial charge in [0, 0.05) is 15.7 Å². The zero-order chi connectivity index (χ0) is 9.68. The van der Waals surface area contributed by atoms with Crippen molar-refractivity contribution in [1.29, 1.82) is 0 Å². The summed E-state index contributed by atoms with van der Waals surface area (Å²) >= 11 is 5.76. The van der Waals surface area contributed by atoms with Gasteiger partial charge in [0.2, 0.25) is 0 Å². The smallest absolute Gasteiger partial charge is 0.0530 e. The molecule has 0 aliphatic rings. The molecule has 4 heteroatoms. The summed E-state index contributed by atoms with van der Waals surface area (Å²) in [7, 11) is -0.958. The van der Waals surface area contributed by atoms with Gasteiger partial charge in [-0.25, -0.2) is 0 Å². The molecule has 0 aromatic heterocycles. The Hall–Kier alpha value is -0.380. The van der Waals surface area contributed by atoms with Crippen LogP contribution in [-0.4, -0.2) is 16.5 Å². The lowest BCUT2D eigenvalue weighted by atomic mass is 10.4. The Morgan fingerprint density at radius 2 is 2.23 bits per heavy atom. The van der Waals surface area contributed by atoms with Crippen molar-refractivity contribution in [3.8, 4) is 0 Å². The van der Waals surface area contributed by atoms with E-state index in [-0.39, 0.29) is 0 Å². The standard InChI is InChI=1S/C9H12ClNOS/c10-8-3-1-4-9(7-8)13(12)6-2-5-11/h1,3-4,7H,2,5-6,11H2. The zero-order valence-corrected chi connectivity index (χ0v) is 8.77. The summed E-state index contributed by atoms with van der Waals surface area (Å²) in [4.78, 5) is 0.779. The van der Waals surface area contributed by atoms with Gasteiger partial charge in [-0.05, 0) is 31.2 Å². The summed E-state index contributed by atoms with van der Waals surface area (Å²) in [6.45, 7) is 0.576. The number of hydrogen-bond donors (Lipinski definition) is 1. The zero-order valence-electron chi connectivity index (χ0n) is 7.20.